The summed E-state index contributed by atoms with van der Waals surface area (Å²) >= 11 is 0. The van der Waals surface area contributed by atoms with Gasteiger partial charge in [-0.1, -0.05) is 26.7 Å². The van der Waals surface area contributed by atoms with Crippen LogP contribution in [0.2, 0.25) is 0 Å². The molecule has 0 aliphatic rings. The molecule has 0 radical (unpaired) electrons. The van der Waals surface area contributed by atoms with Gasteiger partial charge in [-0.05, 0) is 48.2 Å². The molecule has 5 nitrogen and oxygen atoms in total. The molecule has 134 valence electrons. The number of benzene rings is 1. The van der Waals surface area contributed by atoms with Crippen LogP contribution in [0, 0.1) is 0 Å². The predicted octanol–water partition coefficient (Wildman–Crippen LogP) is 3.58. The molecule has 0 unspecified atom stereocenters. The zero-order chi connectivity index (χ0) is 18.1. The van der Waals surface area contributed by atoms with Gasteiger partial charge in [0.25, 0.3) is 0 Å². The van der Waals surface area contributed by atoms with Crippen LogP contribution in [0.1, 0.15) is 48.2 Å². The molecule has 2 rings (SSSR count). The first-order chi connectivity index (χ1) is 12.2. The molecule has 0 aliphatic carbocycles. The van der Waals surface area contributed by atoms with Crippen molar-refractivity contribution in [3.05, 3.63) is 53.3 Å². The van der Waals surface area contributed by atoms with Crippen LogP contribution in [0.5, 0.6) is 5.75 Å². The van der Waals surface area contributed by atoms with Crippen molar-refractivity contribution < 1.29 is 9.53 Å². The Kier molecular flexibility index (Phi) is 7.26. The summed E-state index contributed by atoms with van der Waals surface area (Å²) in [6.45, 7) is 5.40. The molecule has 1 amide bonds. The molecule has 0 bridgehead atoms. The van der Waals surface area contributed by atoms with Crippen LogP contribution in [0.3, 0.4) is 0 Å². The maximum atomic E-state index is 11.9. The van der Waals surface area contributed by atoms with Gasteiger partial charge in [0.15, 0.2) is 0 Å². The first kappa shape index (κ1) is 18.8. The number of ether oxygens (including phenoxy) is 1. The van der Waals surface area contributed by atoms with Gasteiger partial charge in [-0.15, -0.1) is 0 Å². The molecule has 0 fully saturated rings. The molecule has 2 aromatic rings. The summed E-state index contributed by atoms with van der Waals surface area (Å²) in [5.74, 6) is 0.315. The van der Waals surface area contributed by atoms with Crippen LogP contribution in [-0.2, 0) is 12.8 Å². The minimum Gasteiger partial charge on any atom is -0.492 e. The molecule has 0 spiro atoms. The summed E-state index contributed by atoms with van der Waals surface area (Å²) in [6, 6.07) is 7.64. The molecule has 25 heavy (non-hydrogen) atoms. The van der Waals surface area contributed by atoms with Gasteiger partial charge in [0.1, 0.15) is 12.4 Å². The van der Waals surface area contributed by atoms with Crippen LogP contribution in [0.25, 0.3) is 0 Å². The van der Waals surface area contributed by atoms with Crippen molar-refractivity contribution in [2.24, 2.45) is 5.73 Å². The standard InChI is InChI=1S/C20H27N3O2/c1-3-5-15-13-17(14-19(20(21)24)18(15)6-4-2)25-12-11-23-16-7-9-22-10-8-16/h7-10,13-14H,3-6,11-12H2,1-2H3,(H2,21,24)(H,22,23). The lowest BCUT2D eigenvalue weighted by Gasteiger charge is -2.16. The maximum Gasteiger partial charge on any atom is 0.249 e. The first-order valence-electron chi connectivity index (χ1n) is 8.88. The van der Waals surface area contributed by atoms with E-state index in [1.807, 2.05) is 18.2 Å². The average molecular weight is 341 g/mol. The van der Waals surface area contributed by atoms with Crippen molar-refractivity contribution >= 4 is 11.6 Å². The van der Waals surface area contributed by atoms with Crippen LogP contribution in [0.4, 0.5) is 5.69 Å². The predicted molar refractivity (Wildman–Crippen MR) is 101 cm³/mol. The lowest BCUT2D eigenvalue weighted by atomic mass is 9.93. The third kappa shape index (κ3) is 5.48. The largest absolute Gasteiger partial charge is 0.492 e. The van der Waals surface area contributed by atoms with Crippen molar-refractivity contribution in [2.45, 2.75) is 39.5 Å². The molecule has 0 saturated heterocycles. The van der Waals surface area contributed by atoms with Crippen LogP contribution in [-0.4, -0.2) is 24.0 Å². The van der Waals surface area contributed by atoms with Crippen molar-refractivity contribution in [3.8, 4) is 5.75 Å². The molecule has 0 saturated carbocycles. The third-order valence-corrected chi connectivity index (χ3v) is 3.98. The van der Waals surface area contributed by atoms with Crippen LogP contribution < -0.4 is 15.8 Å². The molecule has 3 N–H and O–H groups in total. The lowest BCUT2D eigenvalue weighted by molar-refractivity contribution is 0.0999. The fourth-order valence-electron chi connectivity index (χ4n) is 2.88. The SMILES string of the molecule is CCCc1cc(OCCNc2ccncc2)cc(C(N)=O)c1CCC. The van der Waals surface area contributed by atoms with E-state index in [4.69, 9.17) is 10.5 Å². The summed E-state index contributed by atoms with van der Waals surface area (Å²) in [5.41, 5.74) is 9.42. The highest BCUT2D eigenvalue weighted by Crippen LogP contribution is 2.25. The second-order valence-corrected chi connectivity index (χ2v) is 5.98. The molecular formula is C20H27N3O2. The van der Waals surface area contributed by atoms with Gasteiger partial charge in [0.05, 0.1) is 0 Å². The van der Waals surface area contributed by atoms with Gasteiger partial charge in [-0.25, -0.2) is 0 Å². The van der Waals surface area contributed by atoms with Gasteiger partial charge in [0, 0.05) is 30.2 Å². The second kappa shape index (κ2) is 9.67. The van der Waals surface area contributed by atoms with E-state index in [0.29, 0.717) is 24.5 Å². The number of rotatable bonds is 10. The van der Waals surface area contributed by atoms with Crippen LogP contribution in [0.15, 0.2) is 36.7 Å². The Hall–Kier alpha value is -2.56. The van der Waals surface area contributed by atoms with E-state index in [1.54, 1.807) is 18.5 Å². The number of pyridine rings is 1. The molecule has 0 atom stereocenters. The van der Waals surface area contributed by atoms with E-state index in [2.05, 4.69) is 24.1 Å². The summed E-state index contributed by atoms with van der Waals surface area (Å²) in [4.78, 5) is 15.9. The number of amides is 1. The number of anilines is 1. The van der Waals surface area contributed by atoms with E-state index in [1.165, 1.54) is 0 Å². The van der Waals surface area contributed by atoms with E-state index >= 15 is 0 Å². The zero-order valence-corrected chi connectivity index (χ0v) is 15.0. The number of hydrogen-bond donors (Lipinski definition) is 2. The third-order valence-electron chi connectivity index (χ3n) is 3.98. The minimum absolute atomic E-state index is 0.388. The van der Waals surface area contributed by atoms with E-state index in [9.17, 15) is 4.79 Å². The highest BCUT2D eigenvalue weighted by Gasteiger charge is 2.14. The van der Waals surface area contributed by atoms with Crippen LogP contribution >= 0.6 is 0 Å². The Morgan fingerprint density at radius 1 is 1.16 bits per heavy atom. The zero-order valence-electron chi connectivity index (χ0n) is 15.0. The lowest BCUT2D eigenvalue weighted by Crippen LogP contribution is -2.17. The summed E-state index contributed by atoms with van der Waals surface area (Å²) in [6.07, 6.45) is 7.26. The van der Waals surface area contributed by atoms with Gasteiger partial charge in [-0.2, -0.15) is 0 Å². The van der Waals surface area contributed by atoms with E-state index in [0.717, 1.165) is 42.5 Å². The molecular weight excluding hydrogens is 314 g/mol. The molecule has 1 aromatic heterocycles. The van der Waals surface area contributed by atoms with Gasteiger partial charge >= 0.3 is 0 Å². The maximum absolute atomic E-state index is 11.9. The number of primary amides is 1. The minimum atomic E-state index is -0.388. The number of nitrogens with two attached hydrogens (primary N) is 1. The van der Waals surface area contributed by atoms with E-state index in [-0.39, 0.29) is 5.91 Å². The number of aryl methyl sites for hydroxylation is 1. The Bertz CT molecular complexity index is 687. The number of nitrogens with zero attached hydrogens (tertiary/aromatic N) is 1. The quantitative estimate of drug-likeness (QED) is 0.648. The highest BCUT2D eigenvalue weighted by atomic mass is 16.5. The Labute approximate surface area is 149 Å². The summed E-state index contributed by atoms with van der Waals surface area (Å²) in [7, 11) is 0. The Morgan fingerprint density at radius 2 is 1.88 bits per heavy atom. The average Bonchev–Trinajstić information content (AvgIpc) is 2.61. The fourth-order valence-corrected chi connectivity index (χ4v) is 2.88. The van der Waals surface area contributed by atoms with Crippen molar-refractivity contribution in [1.29, 1.82) is 0 Å². The van der Waals surface area contributed by atoms with Gasteiger partial charge in [0.2, 0.25) is 5.91 Å². The molecule has 1 heterocycles. The second-order valence-electron chi connectivity index (χ2n) is 5.98. The van der Waals surface area contributed by atoms with Gasteiger partial charge < -0.3 is 15.8 Å². The number of carbonyl (C=O) groups excluding carboxylic acids is 1. The number of aromatic nitrogens is 1. The van der Waals surface area contributed by atoms with Crippen molar-refractivity contribution in [3.63, 3.8) is 0 Å². The Morgan fingerprint density at radius 3 is 2.52 bits per heavy atom. The highest BCUT2D eigenvalue weighted by molar-refractivity contribution is 5.95. The molecule has 1 aromatic carbocycles. The van der Waals surface area contributed by atoms with Crippen molar-refractivity contribution in [2.75, 3.05) is 18.5 Å². The summed E-state index contributed by atoms with van der Waals surface area (Å²) < 4.78 is 5.85. The monoisotopic (exact) mass is 341 g/mol. The van der Waals surface area contributed by atoms with E-state index < -0.39 is 0 Å². The summed E-state index contributed by atoms with van der Waals surface area (Å²) in [5, 5.41) is 3.27. The van der Waals surface area contributed by atoms with Gasteiger partial charge in [-0.3, -0.25) is 9.78 Å². The first-order valence-corrected chi connectivity index (χ1v) is 8.88. The van der Waals surface area contributed by atoms with Crippen molar-refractivity contribution in [1.82, 2.24) is 4.98 Å². The number of hydrogen-bond acceptors (Lipinski definition) is 4. The normalized spacial score (nSPS) is 10.5. The number of carbonyl (C=O) groups is 1. The molecule has 5 heteroatoms. The fraction of sp³-hybridized carbons (Fsp3) is 0.400. The number of nitrogens with one attached hydrogen (secondary N) is 1. The smallest absolute Gasteiger partial charge is 0.249 e. The Balaban J connectivity index is 2.07. The molecule has 0 aliphatic heterocycles. The topological polar surface area (TPSA) is 77.2 Å².